The van der Waals surface area contributed by atoms with Crippen molar-refractivity contribution in [1.29, 1.82) is 0 Å². The molecule has 1 saturated heterocycles. The van der Waals surface area contributed by atoms with Crippen molar-refractivity contribution in [3.63, 3.8) is 0 Å². The molecule has 2 amide bonds. The molecule has 8 heteroatoms. The molecule has 1 aliphatic rings. The van der Waals surface area contributed by atoms with Crippen LogP contribution in [0.25, 0.3) is 0 Å². The van der Waals surface area contributed by atoms with Gasteiger partial charge in [-0.3, -0.25) is 14.7 Å². The first-order chi connectivity index (χ1) is 11.2. The van der Waals surface area contributed by atoms with Gasteiger partial charge < -0.3 is 14.7 Å². The number of amides is 2. The Morgan fingerprint density at radius 3 is 2.24 bits per heavy atom. The highest BCUT2D eigenvalue weighted by Crippen LogP contribution is 2.22. The zero-order valence-electron chi connectivity index (χ0n) is 15.1. The second-order valence-electron chi connectivity index (χ2n) is 6.59. The number of aromatic nitrogens is 1. The van der Waals surface area contributed by atoms with Crippen LogP contribution in [0.3, 0.4) is 0 Å². The normalized spacial score (nSPS) is 14.6. The van der Waals surface area contributed by atoms with Crippen LogP contribution in [0.2, 0.25) is 0 Å². The van der Waals surface area contributed by atoms with Crippen LogP contribution < -0.4 is 0 Å². The molecule has 1 fully saturated rings. The Kier molecular flexibility index (Phi) is 7.19. The average Bonchev–Trinajstić information content (AvgIpc) is 2.51. The van der Waals surface area contributed by atoms with Crippen molar-refractivity contribution < 1.29 is 19.4 Å². The molecule has 7 nitrogen and oxygen atoms in total. The minimum absolute atomic E-state index is 0. The largest absolute Gasteiger partial charge is 0.465 e. The predicted octanol–water partition coefficient (Wildman–Crippen LogP) is 2.24. The van der Waals surface area contributed by atoms with Gasteiger partial charge in [0.25, 0.3) is 0 Å². The SMILES string of the molecule is Cc1cc(CN(C(=O)O)C(C)(C)C(=O)N2CCOCC2)cc(C)n1.Cl. The molecule has 2 rings (SSSR count). The predicted molar refractivity (Wildman–Crippen MR) is 96.0 cm³/mol. The minimum atomic E-state index is -1.16. The third kappa shape index (κ3) is 5.06. The highest BCUT2D eigenvalue weighted by molar-refractivity contribution is 5.89. The fraction of sp³-hybridized carbons (Fsp3) is 0.588. The molecule has 0 aromatic carbocycles. The maximum Gasteiger partial charge on any atom is 0.408 e. The molecular formula is C17H26ClN3O4. The fourth-order valence-corrected chi connectivity index (χ4v) is 2.97. The first-order valence-electron chi connectivity index (χ1n) is 8.03. The summed E-state index contributed by atoms with van der Waals surface area (Å²) in [5.74, 6) is -0.198. The van der Waals surface area contributed by atoms with Crippen LogP contribution in [0.4, 0.5) is 4.79 Å². The molecule has 0 aliphatic carbocycles. The monoisotopic (exact) mass is 371 g/mol. The van der Waals surface area contributed by atoms with Crippen LogP contribution in [0.1, 0.15) is 30.8 Å². The topological polar surface area (TPSA) is 83.0 Å². The number of morpholine rings is 1. The van der Waals surface area contributed by atoms with E-state index < -0.39 is 11.6 Å². The van der Waals surface area contributed by atoms with E-state index in [4.69, 9.17) is 4.74 Å². The number of rotatable bonds is 4. The Morgan fingerprint density at radius 2 is 1.76 bits per heavy atom. The highest BCUT2D eigenvalue weighted by atomic mass is 35.5. The molecule has 1 aromatic heterocycles. The summed E-state index contributed by atoms with van der Waals surface area (Å²) in [6.07, 6.45) is -1.12. The summed E-state index contributed by atoms with van der Waals surface area (Å²) in [6.45, 7) is 9.13. The van der Waals surface area contributed by atoms with Gasteiger partial charge in [-0.2, -0.15) is 0 Å². The van der Waals surface area contributed by atoms with Crippen molar-refractivity contribution in [1.82, 2.24) is 14.8 Å². The van der Waals surface area contributed by atoms with E-state index in [1.807, 2.05) is 26.0 Å². The third-order valence-corrected chi connectivity index (χ3v) is 4.21. The Morgan fingerprint density at radius 1 is 1.24 bits per heavy atom. The van der Waals surface area contributed by atoms with E-state index in [1.54, 1.807) is 18.7 Å². The lowest BCUT2D eigenvalue weighted by molar-refractivity contribution is -0.146. The van der Waals surface area contributed by atoms with Gasteiger partial charge in [0, 0.05) is 24.5 Å². The standard InChI is InChI=1S/C17H25N3O4.ClH/c1-12-9-14(10-13(2)18-12)11-20(16(22)23)17(3,4)15(21)19-5-7-24-8-6-19;/h9-10H,5-8,11H2,1-4H3,(H,22,23);1H. The van der Waals surface area contributed by atoms with Crippen molar-refractivity contribution in [2.45, 2.75) is 39.8 Å². The van der Waals surface area contributed by atoms with E-state index in [-0.39, 0.29) is 24.9 Å². The molecule has 0 saturated carbocycles. The van der Waals surface area contributed by atoms with Crippen LogP contribution >= 0.6 is 12.4 Å². The van der Waals surface area contributed by atoms with Gasteiger partial charge >= 0.3 is 6.09 Å². The summed E-state index contributed by atoms with van der Waals surface area (Å²) in [6, 6.07) is 3.69. The molecule has 2 heterocycles. The number of nitrogens with zero attached hydrogens (tertiary/aromatic N) is 3. The fourth-order valence-electron chi connectivity index (χ4n) is 2.97. The van der Waals surface area contributed by atoms with Crippen LogP contribution in [-0.2, 0) is 16.1 Å². The van der Waals surface area contributed by atoms with Gasteiger partial charge in [0.05, 0.1) is 19.8 Å². The molecule has 140 valence electrons. The smallest absolute Gasteiger partial charge is 0.408 e. The number of ether oxygens (including phenoxy) is 1. The van der Waals surface area contributed by atoms with Crippen molar-refractivity contribution in [2.24, 2.45) is 0 Å². The summed E-state index contributed by atoms with van der Waals surface area (Å²) < 4.78 is 5.26. The third-order valence-electron chi connectivity index (χ3n) is 4.21. The van der Waals surface area contributed by atoms with Crippen molar-refractivity contribution in [2.75, 3.05) is 26.3 Å². The number of pyridine rings is 1. The van der Waals surface area contributed by atoms with E-state index in [9.17, 15) is 14.7 Å². The number of carbonyl (C=O) groups is 2. The van der Waals surface area contributed by atoms with Crippen LogP contribution in [0, 0.1) is 13.8 Å². The van der Waals surface area contributed by atoms with E-state index >= 15 is 0 Å². The number of hydrogen-bond acceptors (Lipinski definition) is 4. The van der Waals surface area contributed by atoms with Crippen molar-refractivity contribution in [3.05, 3.63) is 29.1 Å². The molecule has 1 aromatic rings. The Bertz CT molecular complexity index is 610. The second-order valence-corrected chi connectivity index (χ2v) is 6.59. The zero-order valence-corrected chi connectivity index (χ0v) is 15.9. The molecule has 25 heavy (non-hydrogen) atoms. The van der Waals surface area contributed by atoms with Gasteiger partial charge in [0.15, 0.2) is 0 Å². The van der Waals surface area contributed by atoms with Gasteiger partial charge in [-0.25, -0.2) is 4.79 Å². The van der Waals surface area contributed by atoms with Gasteiger partial charge in [-0.15, -0.1) is 12.4 Å². The lowest BCUT2D eigenvalue weighted by Crippen LogP contribution is -2.59. The second kappa shape index (κ2) is 8.49. The molecular weight excluding hydrogens is 346 g/mol. The van der Waals surface area contributed by atoms with E-state index in [0.29, 0.717) is 26.3 Å². The first kappa shape index (κ1) is 21.2. The molecule has 0 bridgehead atoms. The summed E-state index contributed by atoms with van der Waals surface area (Å²) >= 11 is 0. The zero-order chi connectivity index (χ0) is 17.9. The number of hydrogen-bond donors (Lipinski definition) is 1. The summed E-state index contributed by atoms with van der Waals surface area (Å²) in [5.41, 5.74) is 1.32. The maximum absolute atomic E-state index is 12.8. The van der Waals surface area contributed by atoms with E-state index in [1.165, 1.54) is 4.90 Å². The lowest BCUT2D eigenvalue weighted by atomic mass is 9.99. The average molecular weight is 372 g/mol. The Hall–Kier alpha value is -1.86. The molecule has 0 spiro atoms. The maximum atomic E-state index is 12.8. The first-order valence-corrected chi connectivity index (χ1v) is 8.03. The van der Waals surface area contributed by atoms with Gasteiger partial charge in [-0.1, -0.05) is 0 Å². The van der Waals surface area contributed by atoms with E-state index in [0.717, 1.165) is 17.0 Å². The number of carbonyl (C=O) groups excluding carboxylic acids is 1. The summed E-state index contributed by atoms with van der Waals surface area (Å²) in [7, 11) is 0. The molecule has 0 unspecified atom stereocenters. The number of aryl methyl sites for hydroxylation is 2. The van der Waals surface area contributed by atoms with Gasteiger partial charge in [0.2, 0.25) is 5.91 Å². The van der Waals surface area contributed by atoms with E-state index in [2.05, 4.69) is 4.98 Å². The van der Waals surface area contributed by atoms with Crippen LogP contribution in [-0.4, -0.2) is 63.7 Å². The molecule has 1 N–H and O–H groups in total. The van der Waals surface area contributed by atoms with Gasteiger partial charge in [0.1, 0.15) is 5.54 Å². The molecule has 0 radical (unpaired) electrons. The Labute approximate surface area is 154 Å². The molecule has 1 aliphatic heterocycles. The Balaban J connectivity index is 0.00000312. The highest BCUT2D eigenvalue weighted by Gasteiger charge is 2.41. The molecule has 0 atom stereocenters. The summed E-state index contributed by atoms with van der Waals surface area (Å²) in [5, 5.41) is 9.67. The van der Waals surface area contributed by atoms with Crippen molar-refractivity contribution >= 4 is 24.4 Å². The van der Waals surface area contributed by atoms with Crippen LogP contribution in [0.5, 0.6) is 0 Å². The van der Waals surface area contributed by atoms with Crippen LogP contribution in [0.15, 0.2) is 12.1 Å². The van der Waals surface area contributed by atoms with Crippen molar-refractivity contribution in [3.8, 4) is 0 Å². The number of halogens is 1. The lowest BCUT2D eigenvalue weighted by Gasteiger charge is -2.40. The number of carboxylic acid groups (broad SMARTS) is 1. The van der Waals surface area contributed by atoms with Gasteiger partial charge in [-0.05, 0) is 45.4 Å². The quantitative estimate of drug-likeness (QED) is 0.877. The summed E-state index contributed by atoms with van der Waals surface area (Å²) in [4.78, 5) is 31.8. The minimum Gasteiger partial charge on any atom is -0.465 e.